The summed E-state index contributed by atoms with van der Waals surface area (Å²) in [4.78, 5) is 4.67. The number of guanidine groups is 1. The molecule has 0 radical (unpaired) electrons. The summed E-state index contributed by atoms with van der Waals surface area (Å²) in [7, 11) is 1.67. The normalized spacial score (nSPS) is 10.9. The van der Waals surface area contributed by atoms with Crippen molar-refractivity contribution >= 4 is 29.9 Å². The average Bonchev–Trinajstić information content (AvgIpc) is 3.11. The van der Waals surface area contributed by atoms with Gasteiger partial charge >= 0.3 is 0 Å². The van der Waals surface area contributed by atoms with Gasteiger partial charge in [-0.25, -0.2) is 4.99 Å². The summed E-state index contributed by atoms with van der Waals surface area (Å²) in [5.41, 5.74) is 2.09. The van der Waals surface area contributed by atoms with Crippen LogP contribution in [0.2, 0.25) is 0 Å². The van der Waals surface area contributed by atoms with E-state index in [-0.39, 0.29) is 24.0 Å². The van der Waals surface area contributed by atoms with Gasteiger partial charge in [-0.15, -0.1) is 34.2 Å². The number of hydrogen-bond acceptors (Lipinski definition) is 4. The molecule has 2 rings (SSSR count). The molecule has 0 atom stereocenters. The number of aromatic nitrogens is 3. The molecular weight excluding hydrogens is 455 g/mol. The number of rotatable bonds is 9. The molecule has 0 fully saturated rings. The lowest BCUT2D eigenvalue weighted by Crippen LogP contribution is -2.39. The molecule has 0 amide bonds. The molecule has 0 unspecified atom stereocenters. The van der Waals surface area contributed by atoms with Crippen molar-refractivity contribution in [1.82, 2.24) is 25.4 Å². The van der Waals surface area contributed by atoms with Crippen molar-refractivity contribution in [1.29, 1.82) is 0 Å². The van der Waals surface area contributed by atoms with Crippen molar-refractivity contribution in [3.63, 3.8) is 0 Å². The molecule has 1 heterocycles. The third kappa shape index (κ3) is 7.58. The van der Waals surface area contributed by atoms with Crippen LogP contribution in [0.4, 0.5) is 0 Å². The van der Waals surface area contributed by atoms with Crippen molar-refractivity contribution in [3.8, 4) is 5.75 Å². The molecule has 148 valence electrons. The Morgan fingerprint density at radius 3 is 2.78 bits per heavy atom. The van der Waals surface area contributed by atoms with Gasteiger partial charge in [-0.05, 0) is 13.0 Å². The maximum atomic E-state index is 5.39. The first-order valence-electron chi connectivity index (χ1n) is 8.79. The van der Waals surface area contributed by atoms with E-state index in [1.54, 1.807) is 13.4 Å². The Bertz CT molecular complexity index is 743. The molecule has 0 aliphatic rings. The first-order valence-corrected chi connectivity index (χ1v) is 8.79. The molecule has 0 bridgehead atoms. The molecule has 0 spiro atoms. The summed E-state index contributed by atoms with van der Waals surface area (Å²) in [6.07, 6.45) is 2.62. The monoisotopic (exact) mass is 484 g/mol. The molecule has 0 saturated heterocycles. The van der Waals surface area contributed by atoms with Gasteiger partial charge in [-0.1, -0.05) is 37.3 Å². The largest absolute Gasteiger partial charge is 0.496 e. The summed E-state index contributed by atoms with van der Waals surface area (Å²) < 4.78 is 7.44. The quantitative estimate of drug-likeness (QED) is 0.248. The number of aryl methyl sites for hydroxylation is 1. The minimum Gasteiger partial charge on any atom is -0.496 e. The number of hydrogen-bond donors (Lipinski definition) is 2. The van der Waals surface area contributed by atoms with Gasteiger partial charge in [0.1, 0.15) is 17.9 Å². The number of para-hydroxylation sites is 1. The average molecular weight is 484 g/mol. The molecule has 1 aromatic carbocycles. The Balaban J connectivity index is 0.00000364. The number of benzene rings is 1. The van der Waals surface area contributed by atoms with Crippen LogP contribution < -0.4 is 15.4 Å². The van der Waals surface area contributed by atoms with E-state index in [4.69, 9.17) is 4.74 Å². The van der Waals surface area contributed by atoms with Crippen molar-refractivity contribution in [2.45, 2.75) is 33.4 Å². The molecule has 7 nitrogen and oxygen atoms in total. The minimum absolute atomic E-state index is 0. The molecule has 0 aliphatic heterocycles. The molecular formula is C19H29IN6O. The zero-order valence-electron chi connectivity index (χ0n) is 16.2. The first-order chi connectivity index (χ1) is 12.6. The second-order valence-electron chi connectivity index (χ2n) is 6.01. The van der Waals surface area contributed by atoms with Crippen molar-refractivity contribution < 1.29 is 4.74 Å². The lowest BCUT2D eigenvalue weighted by Gasteiger charge is -2.14. The molecule has 27 heavy (non-hydrogen) atoms. The van der Waals surface area contributed by atoms with Crippen LogP contribution in [0, 0.1) is 0 Å². The van der Waals surface area contributed by atoms with Crippen LogP contribution in [0.1, 0.15) is 25.2 Å². The molecule has 0 saturated carbocycles. The fourth-order valence-electron chi connectivity index (χ4n) is 2.44. The van der Waals surface area contributed by atoms with Crippen LogP contribution in [0.15, 0.2) is 47.7 Å². The third-order valence-corrected chi connectivity index (χ3v) is 3.81. The van der Waals surface area contributed by atoms with Crippen molar-refractivity contribution in [2.75, 3.05) is 20.2 Å². The zero-order chi connectivity index (χ0) is 18.8. The number of methoxy groups -OCH3 is 1. The van der Waals surface area contributed by atoms with Crippen LogP contribution in [0.25, 0.3) is 0 Å². The van der Waals surface area contributed by atoms with E-state index in [2.05, 4.69) is 39.3 Å². The van der Waals surface area contributed by atoms with Crippen molar-refractivity contribution in [3.05, 3.63) is 54.1 Å². The van der Waals surface area contributed by atoms with E-state index in [9.17, 15) is 0 Å². The lowest BCUT2D eigenvalue weighted by molar-refractivity contribution is 0.410. The molecule has 0 aliphatic carbocycles. The summed E-state index contributed by atoms with van der Waals surface area (Å²) in [6.45, 7) is 10.7. The fourth-order valence-corrected chi connectivity index (χ4v) is 2.44. The number of ether oxygens (including phenoxy) is 1. The van der Waals surface area contributed by atoms with Crippen LogP contribution in [0.3, 0.4) is 0 Å². The Morgan fingerprint density at radius 1 is 1.30 bits per heavy atom. The maximum Gasteiger partial charge on any atom is 0.191 e. The van der Waals surface area contributed by atoms with E-state index in [1.807, 2.05) is 35.8 Å². The highest BCUT2D eigenvalue weighted by atomic mass is 127. The Labute approximate surface area is 178 Å². The molecule has 2 N–H and O–H groups in total. The first kappa shape index (κ1) is 22.9. The Kier molecular flexibility index (Phi) is 10.5. The van der Waals surface area contributed by atoms with Gasteiger partial charge in [0, 0.05) is 31.6 Å². The standard InChI is InChI=1S/C19H28N6O.HI/c1-5-18-24-23-14-25(18)11-10-20-19(21-12-15(2)3)22-13-16-8-6-7-9-17(16)26-4;/h6-9,14H,2,5,10-13H2,1,3-4H3,(H2,20,21,22);1H. The fraction of sp³-hybridized carbons (Fsp3) is 0.421. The van der Waals surface area contributed by atoms with Crippen LogP contribution in [-0.2, 0) is 19.5 Å². The number of halogens is 1. The van der Waals surface area contributed by atoms with Gasteiger partial charge in [0.15, 0.2) is 5.96 Å². The smallest absolute Gasteiger partial charge is 0.191 e. The van der Waals surface area contributed by atoms with E-state index < -0.39 is 0 Å². The Hall–Kier alpha value is -2.10. The number of nitrogens with zero attached hydrogens (tertiary/aromatic N) is 4. The number of nitrogens with one attached hydrogen (secondary N) is 2. The highest BCUT2D eigenvalue weighted by Crippen LogP contribution is 2.17. The summed E-state index contributed by atoms with van der Waals surface area (Å²) in [5.74, 6) is 2.56. The highest BCUT2D eigenvalue weighted by molar-refractivity contribution is 14.0. The summed E-state index contributed by atoms with van der Waals surface area (Å²) in [5, 5.41) is 14.7. The van der Waals surface area contributed by atoms with Gasteiger partial charge in [0.2, 0.25) is 0 Å². The SMILES string of the molecule is C=C(C)CNC(=NCc1ccccc1OC)NCCn1cnnc1CC.I. The van der Waals surface area contributed by atoms with E-state index in [0.29, 0.717) is 13.1 Å². The second kappa shape index (κ2) is 12.3. The van der Waals surface area contributed by atoms with E-state index in [1.165, 1.54) is 0 Å². The van der Waals surface area contributed by atoms with Gasteiger partial charge in [0.05, 0.1) is 13.7 Å². The molecule has 8 heteroatoms. The second-order valence-corrected chi connectivity index (χ2v) is 6.01. The number of aliphatic imine (C=N–C) groups is 1. The predicted molar refractivity (Wildman–Crippen MR) is 120 cm³/mol. The van der Waals surface area contributed by atoms with Gasteiger partial charge < -0.3 is 19.9 Å². The summed E-state index contributed by atoms with van der Waals surface area (Å²) in [6, 6.07) is 7.90. The van der Waals surface area contributed by atoms with Crippen LogP contribution in [-0.4, -0.2) is 40.9 Å². The zero-order valence-corrected chi connectivity index (χ0v) is 18.6. The topological polar surface area (TPSA) is 76.4 Å². The van der Waals surface area contributed by atoms with E-state index >= 15 is 0 Å². The molecule has 1 aromatic heterocycles. The van der Waals surface area contributed by atoms with Gasteiger partial charge in [-0.2, -0.15) is 0 Å². The van der Waals surface area contributed by atoms with Crippen LogP contribution >= 0.6 is 24.0 Å². The maximum absolute atomic E-state index is 5.39. The third-order valence-electron chi connectivity index (χ3n) is 3.81. The van der Waals surface area contributed by atoms with Gasteiger partial charge in [0.25, 0.3) is 0 Å². The van der Waals surface area contributed by atoms with E-state index in [0.717, 1.165) is 48.2 Å². The van der Waals surface area contributed by atoms with Gasteiger partial charge in [-0.3, -0.25) is 0 Å². The summed E-state index contributed by atoms with van der Waals surface area (Å²) >= 11 is 0. The van der Waals surface area contributed by atoms with Crippen LogP contribution in [0.5, 0.6) is 5.75 Å². The minimum atomic E-state index is 0. The highest BCUT2D eigenvalue weighted by Gasteiger charge is 2.04. The van der Waals surface area contributed by atoms with Crippen molar-refractivity contribution in [2.24, 2.45) is 4.99 Å². The molecule has 2 aromatic rings. The predicted octanol–water partition coefficient (Wildman–Crippen LogP) is 2.78. The Morgan fingerprint density at radius 2 is 2.07 bits per heavy atom. The lowest BCUT2D eigenvalue weighted by atomic mass is 10.2.